The van der Waals surface area contributed by atoms with Gasteiger partial charge in [-0.25, -0.2) is 9.59 Å². The maximum Gasteiger partial charge on any atom is 0.327 e. The van der Waals surface area contributed by atoms with E-state index in [1.165, 1.54) is 4.90 Å². The van der Waals surface area contributed by atoms with Crippen LogP contribution in [0.5, 0.6) is 0 Å². The molecular formula is C13H14N2O3. The molecule has 1 atom stereocenters. The molecule has 18 heavy (non-hydrogen) atoms. The molecule has 0 fully saturated rings. The Bertz CT molecular complexity index is 499. The molecule has 0 spiro atoms. The highest BCUT2D eigenvalue weighted by Crippen LogP contribution is 2.31. The van der Waals surface area contributed by atoms with E-state index in [0.717, 1.165) is 5.56 Å². The number of anilines is 1. The number of fused-ring (bicyclic) bond motifs is 1. The molecule has 1 heterocycles. The number of aliphatic carboxylic acids is 1. The molecule has 2 rings (SSSR count). The second-order valence-corrected chi connectivity index (χ2v) is 4.03. The molecule has 2 N–H and O–H groups in total. The quantitative estimate of drug-likeness (QED) is 0.792. The lowest BCUT2D eigenvalue weighted by molar-refractivity contribution is -0.138. The summed E-state index contributed by atoms with van der Waals surface area (Å²) in [5.41, 5.74) is 1.53. The van der Waals surface area contributed by atoms with E-state index < -0.39 is 18.0 Å². The van der Waals surface area contributed by atoms with Crippen LogP contribution in [0.2, 0.25) is 0 Å². The minimum Gasteiger partial charge on any atom is -0.480 e. The average Bonchev–Trinajstić information content (AvgIpc) is 2.75. The largest absolute Gasteiger partial charge is 0.480 e. The van der Waals surface area contributed by atoms with Crippen molar-refractivity contribution in [2.45, 2.75) is 12.5 Å². The Kier molecular flexibility index (Phi) is 3.32. The van der Waals surface area contributed by atoms with Crippen molar-refractivity contribution in [2.75, 3.05) is 11.4 Å². The molecule has 2 amide bonds. The molecule has 0 aliphatic carbocycles. The van der Waals surface area contributed by atoms with Gasteiger partial charge in [0, 0.05) is 18.7 Å². The van der Waals surface area contributed by atoms with Crippen molar-refractivity contribution in [3.05, 3.63) is 42.5 Å². The third-order valence-electron chi connectivity index (χ3n) is 2.88. The Morgan fingerprint density at radius 1 is 1.50 bits per heavy atom. The maximum absolute atomic E-state index is 12.0. The summed E-state index contributed by atoms with van der Waals surface area (Å²) in [7, 11) is 0. The fraction of sp³-hybridized carbons (Fsp3) is 0.231. The minimum absolute atomic E-state index is 0.309. The molecule has 5 nitrogen and oxygen atoms in total. The highest BCUT2D eigenvalue weighted by molar-refractivity contribution is 6.01. The van der Waals surface area contributed by atoms with Gasteiger partial charge in [-0.3, -0.25) is 4.90 Å². The number of amides is 2. The van der Waals surface area contributed by atoms with Gasteiger partial charge in [0.2, 0.25) is 0 Å². The Morgan fingerprint density at radius 2 is 2.22 bits per heavy atom. The Hall–Kier alpha value is -2.30. The predicted molar refractivity (Wildman–Crippen MR) is 67.6 cm³/mol. The smallest absolute Gasteiger partial charge is 0.327 e. The zero-order valence-electron chi connectivity index (χ0n) is 9.80. The van der Waals surface area contributed by atoms with Crippen molar-refractivity contribution in [2.24, 2.45) is 0 Å². The van der Waals surface area contributed by atoms with Crippen molar-refractivity contribution in [3.63, 3.8) is 0 Å². The van der Waals surface area contributed by atoms with Crippen LogP contribution < -0.4 is 10.2 Å². The van der Waals surface area contributed by atoms with E-state index in [1.54, 1.807) is 18.2 Å². The van der Waals surface area contributed by atoms with Crippen LogP contribution in [-0.4, -0.2) is 29.7 Å². The first-order valence-electron chi connectivity index (χ1n) is 5.64. The summed E-state index contributed by atoms with van der Waals surface area (Å²) in [5, 5.41) is 11.8. The van der Waals surface area contributed by atoms with Gasteiger partial charge in [0.1, 0.15) is 6.04 Å². The second-order valence-electron chi connectivity index (χ2n) is 4.03. The molecule has 0 saturated heterocycles. The van der Waals surface area contributed by atoms with Gasteiger partial charge in [-0.2, -0.15) is 0 Å². The Labute approximate surface area is 105 Å². The molecule has 5 heteroatoms. The van der Waals surface area contributed by atoms with Gasteiger partial charge < -0.3 is 10.4 Å². The van der Waals surface area contributed by atoms with Gasteiger partial charge in [0.05, 0.1) is 0 Å². The third-order valence-corrected chi connectivity index (χ3v) is 2.88. The van der Waals surface area contributed by atoms with Crippen molar-refractivity contribution < 1.29 is 14.7 Å². The van der Waals surface area contributed by atoms with Gasteiger partial charge in [-0.05, 0) is 11.6 Å². The fourth-order valence-electron chi connectivity index (χ4n) is 2.08. The van der Waals surface area contributed by atoms with Crippen molar-refractivity contribution in [3.8, 4) is 0 Å². The number of nitrogens with zero attached hydrogens (tertiary/aromatic N) is 1. The number of urea groups is 1. The summed E-state index contributed by atoms with van der Waals surface area (Å²) >= 11 is 0. The summed E-state index contributed by atoms with van der Waals surface area (Å²) in [6.45, 7) is 3.82. The summed E-state index contributed by atoms with van der Waals surface area (Å²) in [5.74, 6) is -1.00. The Balaban J connectivity index is 2.31. The van der Waals surface area contributed by atoms with Gasteiger partial charge >= 0.3 is 12.0 Å². The molecule has 94 valence electrons. The first kappa shape index (κ1) is 12.2. The Morgan fingerprint density at radius 3 is 2.89 bits per heavy atom. The average molecular weight is 246 g/mol. The number of benzene rings is 1. The zero-order valence-corrected chi connectivity index (χ0v) is 9.80. The number of hydrogen-bond donors (Lipinski definition) is 2. The summed E-state index contributed by atoms with van der Waals surface area (Å²) in [4.78, 5) is 24.5. The summed E-state index contributed by atoms with van der Waals surface area (Å²) in [6.07, 6.45) is 1.89. The first-order chi connectivity index (χ1) is 8.65. The van der Waals surface area contributed by atoms with Crippen LogP contribution in [-0.2, 0) is 11.2 Å². The molecule has 0 aromatic heterocycles. The number of nitrogens with one attached hydrogen (secondary N) is 1. The highest BCUT2D eigenvalue weighted by atomic mass is 16.4. The van der Waals surface area contributed by atoms with Gasteiger partial charge in [0.15, 0.2) is 0 Å². The standard InChI is InChI=1S/C13H14N2O3/c1-2-7-14-13(18)15-10-6-4-3-5-9(10)8-11(15)12(16)17/h2-6,11H,1,7-8H2,(H,14,18)(H,16,17)/t11-/m0/s1. The minimum atomic E-state index is -1.00. The summed E-state index contributed by atoms with van der Waals surface area (Å²) in [6, 6.07) is 5.97. The van der Waals surface area contributed by atoms with E-state index in [9.17, 15) is 14.7 Å². The third kappa shape index (κ3) is 2.07. The molecule has 1 aliphatic heterocycles. The van der Waals surface area contributed by atoms with E-state index in [2.05, 4.69) is 11.9 Å². The molecule has 1 aromatic rings. The molecule has 0 radical (unpaired) electrons. The molecular weight excluding hydrogens is 232 g/mol. The van der Waals surface area contributed by atoms with Gasteiger partial charge in [-0.1, -0.05) is 24.3 Å². The lowest BCUT2D eigenvalue weighted by Crippen LogP contribution is -2.48. The van der Waals surface area contributed by atoms with E-state index in [0.29, 0.717) is 18.7 Å². The molecule has 0 saturated carbocycles. The zero-order chi connectivity index (χ0) is 13.1. The summed E-state index contributed by atoms with van der Waals surface area (Å²) < 4.78 is 0. The number of carbonyl (C=O) groups excluding carboxylic acids is 1. The number of para-hydroxylation sites is 1. The number of carbonyl (C=O) groups is 2. The topological polar surface area (TPSA) is 69.6 Å². The van der Waals surface area contributed by atoms with E-state index >= 15 is 0 Å². The second kappa shape index (κ2) is 4.91. The van der Waals surface area contributed by atoms with Gasteiger partial charge in [0.25, 0.3) is 0 Å². The molecule has 0 unspecified atom stereocenters. The van der Waals surface area contributed by atoms with Crippen LogP contribution in [0, 0.1) is 0 Å². The fourth-order valence-corrected chi connectivity index (χ4v) is 2.08. The van der Waals surface area contributed by atoms with Crippen LogP contribution in [0.15, 0.2) is 36.9 Å². The molecule has 0 bridgehead atoms. The number of rotatable bonds is 3. The lowest BCUT2D eigenvalue weighted by atomic mass is 10.1. The van der Waals surface area contributed by atoms with E-state index in [-0.39, 0.29) is 0 Å². The van der Waals surface area contributed by atoms with E-state index in [1.807, 2.05) is 12.1 Å². The number of carboxylic acid groups (broad SMARTS) is 1. The van der Waals surface area contributed by atoms with Crippen LogP contribution >= 0.6 is 0 Å². The van der Waals surface area contributed by atoms with Gasteiger partial charge in [-0.15, -0.1) is 6.58 Å². The van der Waals surface area contributed by atoms with Crippen molar-refractivity contribution in [1.29, 1.82) is 0 Å². The SMILES string of the molecule is C=CCNC(=O)N1c2ccccc2C[C@H]1C(=O)O. The number of carboxylic acids is 1. The normalized spacial score (nSPS) is 17.1. The maximum atomic E-state index is 12.0. The number of hydrogen-bond acceptors (Lipinski definition) is 2. The van der Waals surface area contributed by atoms with E-state index in [4.69, 9.17) is 0 Å². The van der Waals surface area contributed by atoms with Crippen LogP contribution in [0.3, 0.4) is 0 Å². The predicted octanol–water partition coefficient (Wildman–Crippen LogP) is 1.40. The molecule has 1 aliphatic rings. The van der Waals surface area contributed by atoms with Crippen LogP contribution in [0.25, 0.3) is 0 Å². The molecule has 1 aromatic carbocycles. The van der Waals surface area contributed by atoms with Crippen LogP contribution in [0.1, 0.15) is 5.56 Å². The lowest BCUT2D eigenvalue weighted by Gasteiger charge is -2.22. The monoisotopic (exact) mass is 246 g/mol. The van der Waals surface area contributed by atoms with Crippen LogP contribution in [0.4, 0.5) is 10.5 Å². The van der Waals surface area contributed by atoms with Crippen molar-refractivity contribution >= 4 is 17.7 Å². The highest BCUT2D eigenvalue weighted by Gasteiger charge is 2.37. The van der Waals surface area contributed by atoms with Crippen molar-refractivity contribution in [1.82, 2.24) is 5.32 Å². The first-order valence-corrected chi connectivity index (χ1v) is 5.64.